The quantitative estimate of drug-likeness (QED) is 0.455. The van der Waals surface area contributed by atoms with E-state index in [-0.39, 0.29) is 11.0 Å². The standard InChI is InChI=1S/C9H11N5O5/c15-2-4-5(16)6(17)9(19-4)14-7-3(1-10-14)8(18)12-13-11-7/h1,4-6,9,15-17H,2H2,(H,11,12,18). The van der Waals surface area contributed by atoms with Gasteiger partial charge in [-0.25, -0.2) is 9.78 Å². The summed E-state index contributed by atoms with van der Waals surface area (Å²) in [7, 11) is 0. The van der Waals surface area contributed by atoms with Crippen LogP contribution in [0.2, 0.25) is 0 Å². The fraction of sp³-hybridized carbons (Fsp3) is 0.556. The highest BCUT2D eigenvalue weighted by Crippen LogP contribution is 2.29. The van der Waals surface area contributed by atoms with E-state index in [1.165, 1.54) is 6.20 Å². The monoisotopic (exact) mass is 269 g/mol. The van der Waals surface area contributed by atoms with Gasteiger partial charge in [0.05, 0.1) is 12.8 Å². The molecule has 4 unspecified atom stereocenters. The molecule has 10 heteroatoms. The summed E-state index contributed by atoms with van der Waals surface area (Å²) in [5.74, 6) is 0. The van der Waals surface area contributed by atoms with Gasteiger partial charge in [0.25, 0.3) is 5.56 Å². The molecule has 3 rings (SSSR count). The molecular formula is C9H11N5O5. The molecule has 19 heavy (non-hydrogen) atoms. The van der Waals surface area contributed by atoms with Gasteiger partial charge in [-0.2, -0.15) is 5.10 Å². The van der Waals surface area contributed by atoms with Crippen molar-refractivity contribution in [1.82, 2.24) is 25.2 Å². The lowest BCUT2D eigenvalue weighted by Gasteiger charge is -2.14. The summed E-state index contributed by atoms with van der Waals surface area (Å²) >= 11 is 0. The number of ether oxygens (including phenoxy) is 1. The maximum atomic E-state index is 11.5. The lowest BCUT2D eigenvalue weighted by Crippen LogP contribution is -2.33. The number of nitrogens with zero attached hydrogens (tertiary/aromatic N) is 4. The zero-order valence-electron chi connectivity index (χ0n) is 9.54. The first-order chi connectivity index (χ1) is 9.13. The summed E-state index contributed by atoms with van der Waals surface area (Å²) in [6.07, 6.45) is -3.24. The summed E-state index contributed by atoms with van der Waals surface area (Å²) in [6.45, 7) is -0.444. The van der Waals surface area contributed by atoms with Gasteiger partial charge in [-0.15, -0.1) is 5.10 Å². The third-order valence-corrected chi connectivity index (χ3v) is 3.07. The van der Waals surface area contributed by atoms with E-state index in [4.69, 9.17) is 9.84 Å². The van der Waals surface area contributed by atoms with Gasteiger partial charge in [0.2, 0.25) is 0 Å². The minimum Gasteiger partial charge on any atom is -0.394 e. The highest BCUT2D eigenvalue weighted by atomic mass is 16.6. The van der Waals surface area contributed by atoms with Gasteiger partial charge in [-0.05, 0) is 0 Å². The summed E-state index contributed by atoms with van der Waals surface area (Å²) in [6, 6.07) is 0. The average molecular weight is 269 g/mol. The molecule has 0 amide bonds. The van der Waals surface area contributed by atoms with Gasteiger partial charge in [-0.1, -0.05) is 5.21 Å². The zero-order chi connectivity index (χ0) is 13.6. The Morgan fingerprint density at radius 3 is 2.89 bits per heavy atom. The van der Waals surface area contributed by atoms with Crippen LogP contribution in [0.1, 0.15) is 6.23 Å². The molecule has 1 fully saturated rings. The van der Waals surface area contributed by atoms with Crippen LogP contribution in [0.3, 0.4) is 0 Å². The highest BCUT2D eigenvalue weighted by Gasteiger charge is 2.44. The predicted octanol–water partition coefficient (Wildman–Crippen LogP) is -2.87. The van der Waals surface area contributed by atoms with Crippen molar-refractivity contribution in [1.29, 1.82) is 0 Å². The fourth-order valence-corrected chi connectivity index (χ4v) is 2.06. The van der Waals surface area contributed by atoms with Gasteiger partial charge in [0.15, 0.2) is 11.9 Å². The molecule has 0 spiro atoms. The van der Waals surface area contributed by atoms with Gasteiger partial charge < -0.3 is 20.1 Å². The van der Waals surface area contributed by atoms with Crippen LogP contribution in [0.5, 0.6) is 0 Å². The largest absolute Gasteiger partial charge is 0.394 e. The zero-order valence-corrected chi connectivity index (χ0v) is 9.54. The molecule has 10 nitrogen and oxygen atoms in total. The summed E-state index contributed by atoms with van der Waals surface area (Å²) < 4.78 is 6.45. The maximum absolute atomic E-state index is 11.5. The number of aliphatic hydroxyl groups excluding tert-OH is 3. The molecule has 3 heterocycles. The molecule has 0 saturated carbocycles. The highest BCUT2D eigenvalue weighted by molar-refractivity contribution is 5.72. The van der Waals surface area contributed by atoms with E-state index >= 15 is 0 Å². The van der Waals surface area contributed by atoms with Crippen LogP contribution in [-0.2, 0) is 4.74 Å². The molecular weight excluding hydrogens is 258 g/mol. The smallest absolute Gasteiger partial charge is 0.278 e. The van der Waals surface area contributed by atoms with E-state index in [9.17, 15) is 15.0 Å². The Labute approximate surface area is 105 Å². The van der Waals surface area contributed by atoms with Crippen LogP contribution >= 0.6 is 0 Å². The molecule has 102 valence electrons. The van der Waals surface area contributed by atoms with Crippen molar-refractivity contribution >= 4 is 11.0 Å². The van der Waals surface area contributed by atoms with Crippen LogP contribution in [0.25, 0.3) is 11.0 Å². The molecule has 4 atom stereocenters. The van der Waals surface area contributed by atoms with Crippen molar-refractivity contribution < 1.29 is 20.1 Å². The van der Waals surface area contributed by atoms with Gasteiger partial charge >= 0.3 is 0 Å². The van der Waals surface area contributed by atoms with Crippen molar-refractivity contribution in [2.75, 3.05) is 6.61 Å². The predicted molar refractivity (Wildman–Crippen MR) is 59.0 cm³/mol. The number of hydrogen-bond acceptors (Lipinski definition) is 8. The molecule has 0 bridgehead atoms. The van der Waals surface area contributed by atoms with Crippen molar-refractivity contribution in [3.05, 3.63) is 16.6 Å². The number of rotatable bonds is 2. The van der Waals surface area contributed by atoms with E-state index in [2.05, 4.69) is 20.5 Å². The minimum absolute atomic E-state index is 0.124. The number of aromatic amines is 1. The Bertz CT molecular complexity index is 654. The Morgan fingerprint density at radius 1 is 1.42 bits per heavy atom. The number of hydrogen-bond donors (Lipinski definition) is 4. The topological polar surface area (TPSA) is 146 Å². The van der Waals surface area contributed by atoms with Crippen molar-refractivity contribution in [3.63, 3.8) is 0 Å². The van der Waals surface area contributed by atoms with E-state index in [0.717, 1.165) is 4.68 Å². The first-order valence-corrected chi connectivity index (χ1v) is 5.54. The molecule has 2 aromatic heterocycles. The maximum Gasteiger partial charge on any atom is 0.278 e. The second kappa shape index (κ2) is 4.35. The van der Waals surface area contributed by atoms with Crippen molar-refractivity contribution in [3.8, 4) is 0 Å². The second-order valence-electron chi connectivity index (χ2n) is 4.20. The second-order valence-corrected chi connectivity index (χ2v) is 4.20. The Hall–Kier alpha value is -1.88. The molecule has 2 aromatic rings. The van der Waals surface area contributed by atoms with Crippen molar-refractivity contribution in [2.45, 2.75) is 24.5 Å². The first-order valence-electron chi connectivity index (χ1n) is 5.54. The normalized spacial score (nSPS) is 31.1. The molecule has 0 aromatic carbocycles. The Balaban J connectivity index is 2.06. The van der Waals surface area contributed by atoms with Crippen LogP contribution in [0.4, 0.5) is 0 Å². The Morgan fingerprint density at radius 2 is 2.21 bits per heavy atom. The molecule has 1 saturated heterocycles. The number of aromatic nitrogens is 5. The molecule has 1 aliphatic rings. The van der Waals surface area contributed by atoms with Crippen LogP contribution in [-0.4, -0.2) is 65.4 Å². The van der Waals surface area contributed by atoms with E-state index < -0.39 is 36.7 Å². The van der Waals surface area contributed by atoms with Crippen LogP contribution in [0.15, 0.2) is 11.0 Å². The molecule has 0 radical (unpaired) electrons. The SMILES string of the molecule is O=c1[nH]nnc2c1cnn2C1OC(CO)C(O)C1O. The van der Waals surface area contributed by atoms with E-state index in [1.54, 1.807) is 0 Å². The molecule has 0 aliphatic carbocycles. The van der Waals surface area contributed by atoms with E-state index in [0.29, 0.717) is 0 Å². The number of nitrogens with one attached hydrogen (secondary N) is 1. The number of H-pyrrole nitrogens is 1. The lowest BCUT2D eigenvalue weighted by atomic mass is 10.1. The molecule has 1 aliphatic heterocycles. The van der Waals surface area contributed by atoms with Gasteiger partial charge in [-0.3, -0.25) is 4.79 Å². The van der Waals surface area contributed by atoms with Crippen LogP contribution < -0.4 is 5.56 Å². The average Bonchev–Trinajstić information content (AvgIpc) is 2.94. The third-order valence-electron chi connectivity index (χ3n) is 3.07. The Kier molecular flexibility index (Phi) is 2.78. The van der Waals surface area contributed by atoms with Crippen molar-refractivity contribution in [2.24, 2.45) is 0 Å². The van der Waals surface area contributed by atoms with Gasteiger partial charge in [0.1, 0.15) is 23.7 Å². The lowest BCUT2D eigenvalue weighted by molar-refractivity contribution is -0.0567. The third kappa shape index (κ3) is 1.73. The number of fused-ring (bicyclic) bond motifs is 1. The van der Waals surface area contributed by atoms with E-state index in [1.807, 2.05) is 0 Å². The summed E-state index contributed by atoms with van der Waals surface area (Å²) in [4.78, 5) is 11.5. The van der Waals surface area contributed by atoms with Gasteiger partial charge in [0, 0.05) is 0 Å². The number of aliphatic hydroxyl groups is 3. The fourth-order valence-electron chi connectivity index (χ4n) is 2.06. The minimum atomic E-state index is -1.29. The molecule has 4 N–H and O–H groups in total. The van der Waals surface area contributed by atoms with Crippen LogP contribution in [0, 0.1) is 0 Å². The summed E-state index contributed by atoms with van der Waals surface area (Å²) in [5, 5.41) is 41.9. The summed E-state index contributed by atoms with van der Waals surface area (Å²) in [5.41, 5.74) is -0.346. The first kappa shape index (κ1) is 12.2.